The molecule has 1 atom stereocenters. The largest absolute Gasteiger partial charge is 0.507 e. The second-order valence-corrected chi connectivity index (χ2v) is 8.80. The van der Waals surface area contributed by atoms with Crippen LogP contribution in [0.2, 0.25) is 0 Å². The Labute approximate surface area is 182 Å². The van der Waals surface area contributed by atoms with Gasteiger partial charge in [-0.2, -0.15) is 13.2 Å². The molecular formula is C24H23F3O3S. The fourth-order valence-electron chi connectivity index (χ4n) is 3.59. The van der Waals surface area contributed by atoms with E-state index in [2.05, 4.69) is 0 Å². The van der Waals surface area contributed by atoms with Crippen LogP contribution in [0.25, 0.3) is 11.1 Å². The molecular weight excluding hydrogens is 425 g/mol. The molecule has 164 valence electrons. The lowest BCUT2D eigenvalue weighted by atomic mass is 9.94. The van der Waals surface area contributed by atoms with E-state index in [1.54, 1.807) is 0 Å². The second-order valence-electron chi connectivity index (χ2n) is 7.70. The molecule has 0 spiro atoms. The minimum absolute atomic E-state index is 0.140. The molecule has 1 unspecified atom stereocenters. The molecule has 1 aromatic heterocycles. The van der Waals surface area contributed by atoms with Crippen LogP contribution in [0.15, 0.2) is 56.6 Å². The summed E-state index contributed by atoms with van der Waals surface area (Å²) < 4.78 is 43.6. The molecule has 0 bridgehead atoms. The number of alkyl halides is 3. The van der Waals surface area contributed by atoms with Gasteiger partial charge in [0.05, 0.1) is 5.56 Å². The van der Waals surface area contributed by atoms with E-state index in [4.69, 9.17) is 4.42 Å². The van der Waals surface area contributed by atoms with Gasteiger partial charge < -0.3 is 9.52 Å². The molecule has 7 heteroatoms. The van der Waals surface area contributed by atoms with Crippen LogP contribution in [-0.2, 0) is 6.18 Å². The van der Waals surface area contributed by atoms with Gasteiger partial charge in [-0.15, -0.1) is 11.8 Å². The summed E-state index contributed by atoms with van der Waals surface area (Å²) in [5.74, 6) is 0.413. The van der Waals surface area contributed by atoms with Crippen molar-refractivity contribution in [2.24, 2.45) is 0 Å². The molecule has 0 aliphatic carbocycles. The zero-order valence-corrected chi connectivity index (χ0v) is 18.4. The number of aryl methyl sites for hydroxylation is 3. The van der Waals surface area contributed by atoms with Crippen LogP contribution >= 0.6 is 11.8 Å². The predicted octanol–water partition coefficient (Wildman–Crippen LogP) is 6.85. The van der Waals surface area contributed by atoms with Gasteiger partial charge in [-0.3, -0.25) is 0 Å². The summed E-state index contributed by atoms with van der Waals surface area (Å²) in [6.45, 7) is 7.55. The van der Waals surface area contributed by atoms with Gasteiger partial charge in [0.15, 0.2) is 0 Å². The van der Waals surface area contributed by atoms with Crippen molar-refractivity contribution >= 4 is 11.8 Å². The molecule has 0 radical (unpaired) electrons. The smallest absolute Gasteiger partial charge is 0.416 e. The molecule has 3 rings (SSSR count). The lowest BCUT2D eigenvalue weighted by Crippen LogP contribution is -2.09. The highest BCUT2D eigenvalue weighted by molar-refractivity contribution is 7.99. The van der Waals surface area contributed by atoms with Crippen LogP contribution in [-0.4, -0.2) is 10.9 Å². The molecule has 0 aliphatic rings. The SMILES string of the molecule is Cc1cc(C)c(-c2c(O)cc(C(C)CSc3ccc(C(F)(F)F)cc3)oc2=O)c(C)c1. The van der Waals surface area contributed by atoms with Gasteiger partial charge in [-0.25, -0.2) is 4.79 Å². The molecule has 0 saturated carbocycles. The Kier molecular flexibility index (Phi) is 6.55. The van der Waals surface area contributed by atoms with Crippen molar-refractivity contribution in [2.45, 2.75) is 44.7 Å². The van der Waals surface area contributed by atoms with E-state index in [0.717, 1.165) is 28.8 Å². The van der Waals surface area contributed by atoms with Gasteiger partial charge in [0.1, 0.15) is 17.1 Å². The van der Waals surface area contributed by atoms with E-state index in [1.807, 2.05) is 39.8 Å². The van der Waals surface area contributed by atoms with E-state index >= 15 is 0 Å². The number of thioether (sulfide) groups is 1. The topological polar surface area (TPSA) is 50.4 Å². The van der Waals surface area contributed by atoms with Gasteiger partial charge >= 0.3 is 11.8 Å². The Morgan fingerprint density at radius 2 is 1.58 bits per heavy atom. The Balaban J connectivity index is 1.81. The Morgan fingerprint density at radius 3 is 2.10 bits per heavy atom. The zero-order chi connectivity index (χ0) is 22.9. The van der Waals surface area contributed by atoms with Crippen molar-refractivity contribution in [3.05, 3.63) is 80.9 Å². The molecule has 3 nitrogen and oxygen atoms in total. The normalized spacial score (nSPS) is 12.7. The van der Waals surface area contributed by atoms with Crippen LogP contribution in [0.1, 0.15) is 40.9 Å². The molecule has 0 aliphatic heterocycles. The Morgan fingerprint density at radius 1 is 1.00 bits per heavy atom. The first-order valence-electron chi connectivity index (χ1n) is 9.72. The van der Waals surface area contributed by atoms with Gasteiger partial charge in [0.2, 0.25) is 0 Å². The highest BCUT2D eigenvalue weighted by Crippen LogP contribution is 2.35. The fraction of sp³-hybridized carbons (Fsp3) is 0.292. The minimum atomic E-state index is -4.37. The Hall–Kier alpha value is -2.67. The maximum absolute atomic E-state index is 12.7. The number of hydrogen-bond acceptors (Lipinski definition) is 4. The summed E-state index contributed by atoms with van der Waals surface area (Å²) in [5, 5.41) is 10.6. The number of rotatable bonds is 5. The summed E-state index contributed by atoms with van der Waals surface area (Å²) in [4.78, 5) is 13.4. The van der Waals surface area contributed by atoms with Crippen molar-refractivity contribution in [1.29, 1.82) is 0 Å². The number of benzene rings is 2. The quantitative estimate of drug-likeness (QED) is 0.434. The van der Waals surface area contributed by atoms with E-state index in [9.17, 15) is 23.1 Å². The monoisotopic (exact) mass is 448 g/mol. The first-order chi connectivity index (χ1) is 14.5. The summed E-state index contributed by atoms with van der Waals surface area (Å²) in [6, 6.07) is 10.3. The van der Waals surface area contributed by atoms with E-state index < -0.39 is 17.4 Å². The number of hydrogen-bond donors (Lipinski definition) is 1. The van der Waals surface area contributed by atoms with Crippen molar-refractivity contribution in [3.8, 4) is 16.9 Å². The van der Waals surface area contributed by atoms with Gasteiger partial charge in [-0.1, -0.05) is 24.6 Å². The molecule has 0 fully saturated rings. The molecule has 1 N–H and O–H groups in total. The lowest BCUT2D eigenvalue weighted by Gasteiger charge is -2.15. The molecule has 1 heterocycles. The van der Waals surface area contributed by atoms with Gasteiger partial charge in [0, 0.05) is 22.6 Å². The summed E-state index contributed by atoms with van der Waals surface area (Å²) >= 11 is 1.35. The highest BCUT2D eigenvalue weighted by Gasteiger charge is 2.30. The standard InChI is InChI=1S/C24H23F3O3S/c1-13-9-14(2)21(15(3)10-13)22-19(28)11-20(30-23(22)29)16(4)12-31-18-7-5-17(6-8-18)24(25,26)27/h5-11,16,28H,12H2,1-4H3. The van der Waals surface area contributed by atoms with Crippen molar-refractivity contribution in [3.63, 3.8) is 0 Å². The lowest BCUT2D eigenvalue weighted by molar-refractivity contribution is -0.137. The zero-order valence-electron chi connectivity index (χ0n) is 17.6. The van der Waals surface area contributed by atoms with Crippen LogP contribution < -0.4 is 5.63 Å². The predicted molar refractivity (Wildman–Crippen MR) is 117 cm³/mol. The third kappa shape index (κ3) is 5.15. The average Bonchev–Trinajstić information content (AvgIpc) is 2.67. The van der Waals surface area contributed by atoms with Crippen LogP contribution in [0.4, 0.5) is 13.2 Å². The minimum Gasteiger partial charge on any atom is -0.507 e. The van der Waals surface area contributed by atoms with E-state index in [0.29, 0.717) is 22.0 Å². The van der Waals surface area contributed by atoms with Gasteiger partial charge in [-0.05, 0) is 61.7 Å². The van der Waals surface area contributed by atoms with Gasteiger partial charge in [0.25, 0.3) is 0 Å². The third-order valence-corrected chi connectivity index (χ3v) is 6.32. The summed E-state index contributed by atoms with van der Waals surface area (Å²) in [5.41, 5.74) is 2.30. The van der Waals surface area contributed by atoms with Crippen molar-refractivity contribution in [1.82, 2.24) is 0 Å². The first kappa shape index (κ1) is 23.0. The maximum Gasteiger partial charge on any atom is 0.416 e. The third-order valence-electron chi connectivity index (χ3n) is 5.04. The molecule has 2 aromatic carbocycles. The maximum atomic E-state index is 12.7. The number of halogens is 3. The van der Waals surface area contributed by atoms with Crippen molar-refractivity contribution < 1.29 is 22.7 Å². The molecule has 0 saturated heterocycles. The van der Waals surface area contributed by atoms with E-state index in [1.165, 1.54) is 30.0 Å². The van der Waals surface area contributed by atoms with Crippen LogP contribution in [0.3, 0.4) is 0 Å². The average molecular weight is 449 g/mol. The van der Waals surface area contributed by atoms with Crippen molar-refractivity contribution in [2.75, 3.05) is 5.75 Å². The molecule has 0 amide bonds. The molecule has 31 heavy (non-hydrogen) atoms. The molecule has 3 aromatic rings. The fourth-order valence-corrected chi connectivity index (χ4v) is 4.53. The summed E-state index contributed by atoms with van der Waals surface area (Å²) in [6.07, 6.45) is -4.37. The van der Waals surface area contributed by atoms with Crippen LogP contribution in [0, 0.1) is 20.8 Å². The first-order valence-corrected chi connectivity index (χ1v) is 10.7. The number of aromatic hydroxyl groups is 1. The second kappa shape index (κ2) is 8.83. The van der Waals surface area contributed by atoms with Crippen LogP contribution in [0.5, 0.6) is 5.75 Å². The van der Waals surface area contributed by atoms with E-state index in [-0.39, 0.29) is 17.2 Å². The Bertz CT molecular complexity index is 1130. The highest BCUT2D eigenvalue weighted by atomic mass is 32.2. The summed E-state index contributed by atoms with van der Waals surface area (Å²) in [7, 11) is 0.